The van der Waals surface area contributed by atoms with Crippen LogP contribution in [0.3, 0.4) is 0 Å². The first-order chi connectivity index (χ1) is 9.63. The number of hydrogen-bond acceptors (Lipinski definition) is 3. The lowest BCUT2D eigenvalue weighted by molar-refractivity contribution is -0.0977. The molecule has 1 spiro atoms. The summed E-state index contributed by atoms with van der Waals surface area (Å²) < 4.78 is 6.19. The molecule has 1 aliphatic carbocycles. The van der Waals surface area contributed by atoms with E-state index < -0.39 is 0 Å². The number of nitrogens with one attached hydrogen (secondary N) is 1. The van der Waals surface area contributed by atoms with Gasteiger partial charge in [-0.3, -0.25) is 0 Å². The van der Waals surface area contributed by atoms with Crippen molar-refractivity contribution >= 4 is 11.3 Å². The molecule has 20 heavy (non-hydrogen) atoms. The normalized spacial score (nSPS) is 27.1. The van der Waals surface area contributed by atoms with Crippen molar-refractivity contribution in [3.05, 3.63) is 21.4 Å². The van der Waals surface area contributed by atoms with Crippen LogP contribution in [0.4, 0.5) is 0 Å². The van der Waals surface area contributed by atoms with Crippen LogP contribution >= 0.6 is 11.3 Å². The zero-order chi connectivity index (χ0) is 14.2. The van der Waals surface area contributed by atoms with Crippen molar-refractivity contribution in [3.63, 3.8) is 0 Å². The van der Waals surface area contributed by atoms with Gasteiger partial charge in [0.25, 0.3) is 0 Å². The predicted octanol–water partition coefficient (Wildman–Crippen LogP) is 4.36. The summed E-state index contributed by atoms with van der Waals surface area (Å²) in [6, 6.07) is 2.89. The Kier molecular flexibility index (Phi) is 4.21. The van der Waals surface area contributed by atoms with Gasteiger partial charge in [-0.1, -0.05) is 12.8 Å². The Morgan fingerprint density at radius 1 is 1.35 bits per heavy atom. The summed E-state index contributed by atoms with van der Waals surface area (Å²) in [5, 5.41) is 3.59. The number of aryl methyl sites for hydroxylation is 2. The molecule has 0 amide bonds. The molecule has 1 saturated heterocycles. The summed E-state index contributed by atoms with van der Waals surface area (Å²) in [6.07, 6.45) is 7.71. The molecule has 1 saturated carbocycles. The fraction of sp³-hybridized carbons (Fsp3) is 0.765. The van der Waals surface area contributed by atoms with Crippen molar-refractivity contribution in [1.82, 2.24) is 5.32 Å². The van der Waals surface area contributed by atoms with Crippen LogP contribution in [0.5, 0.6) is 0 Å². The van der Waals surface area contributed by atoms with Gasteiger partial charge in [0.15, 0.2) is 0 Å². The Labute approximate surface area is 126 Å². The molecule has 2 nitrogen and oxygen atoms in total. The van der Waals surface area contributed by atoms with E-state index in [-0.39, 0.29) is 5.60 Å². The highest BCUT2D eigenvalue weighted by atomic mass is 32.1. The van der Waals surface area contributed by atoms with Crippen LogP contribution in [-0.4, -0.2) is 19.3 Å². The molecule has 112 valence electrons. The summed E-state index contributed by atoms with van der Waals surface area (Å²) in [5.41, 5.74) is 1.66. The molecule has 0 bridgehead atoms. The zero-order valence-electron chi connectivity index (χ0n) is 13.0. The summed E-state index contributed by atoms with van der Waals surface area (Å²) in [7, 11) is 2.12. The second kappa shape index (κ2) is 5.78. The van der Waals surface area contributed by atoms with E-state index in [9.17, 15) is 0 Å². The Bertz CT molecular complexity index is 442. The molecule has 2 heterocycles. The number of thiophene rings is 1. The van der Waals surface area contributed by atoms with Crippen LogP contribution in [0, 0.1) is 19.8 Å². The van der Waals surface area contributed by atoms with Gasteiger partial charge in [-0.2, -0.15) is 0 Å². The van der Waals surface area contributed by atoms with E-state index in [0.717, 1.165) is 12.5 Å². The van der Waals surface area contributed by atoms with Crippen molar-refractivity contribution < 1.29 is 4.74 Å². The van der Waals surface area contributed by atoms with Gasteiger partial charge in [0.05, 0.1) is 5.60 Å². The van der Waals surface area contributed by atoms with Gasteiger partial charge in [-0.05, 0) is 64.1 Å². The second-order valence-corrected chi connectivity index (χ2v) is 7.93. The Hall–Kier alpha value is -0.380. The molecule has 3 heteroatoms. The minimum absolute atomic E-state index is 0.222. The molecule has 3 rings (SSSR count). The number of hydrogen-bond donors (Lipinski definition) is 1. The molecule has 1 N–H and O–H groups in total. The third-order valence-electron chi connectivity index (χ3n) is 5.32. The van der Waals surface area contributed by atoms with Crippen LogP contribution in [0.15, 0.2) is 6.07 Å². The van der Waals surface area contributed by atoms with Gasteiger partial charge in [0.2, 0.25) is 0 Å². The highest BCUT2D eigenvalue weighted by Crippen LogP contribution is 2.46. The molecule has 2 aliphatic rings. The monoisotopic (exact) mass is 293 g/mol. The third-order valence-corrected chi connectivity index (χ3v) is 6.56. The van der Waals surface area contributed by atoms with Gasteiger partial charge in [-0.15, -0.1) is 11.3 Å². The van der Waals surface area contributed by atoms with Crippen LogP contribution in [-0.2, 0) is 4.74 Å². The smallest absolute Gasteiger partial charge is 0.0686 e. The standard InChI is InChI=1S/C17H27NOS/c1-12-10-15(20-13(12)2)16(18-3)14-6-9-19-17(11-14)7-4-5-8-17/h10,14,16,18H,4-9,11H2,1-3H3. The summed E-state index contributed by atoms with van der Waals surface area (Å²) in [5.74, 6) is 0.726. The average molecular weight is 293 g/mol. The maximum atomic E-state index is 6.19. The fourth-order valence-electron chi connectivity index (χ4n) is 4.08. The molecule has 2 unspecified atom stereocenters. The molecule has 1 aliphatic heterocycles. The van der Waals surface area contributed by atoms with Crippen molar-refractivity contribution in [2.24, 2.45) is 5.92 Å². The van der Waals surface area contributed by atoms with Crippen molar-refractivity contribution in [2.45, 2.75) is 64.0 Å². The quantitative estimate of drug-likeness (QED) is 0.894. The van der Waals surface area contributed by atoms with E-state index in [1.165, 1.54) is 53.8 Å². The van der Waals surface area contributed by atoms with Gasteiger partial charge in [0.1, 0.15) is 0 Å². The van der Waals surface area contributed by atoms with E-state index in [0.29, 0.717) is 6.04 Å². The highest BCUT2D eigenvalue weighted by Gasteiger charge is 2.42. The van der Waals surface area contributed by atoms with Gasteiger partial charge in [-0.25, -0.2) is 0 Å². The van der Waals surface area contributed by atoms with Gasteiger partial charge < -0.3 is 10.1 Å². The molecule has 1 aromatic rings. The topological polar surface area (TPSA) is 21.3 Å². The molecule has 1 aromatic heterocycles. The number of rotatable bonds is 3. The van der Waals surface area contributed by atoms with Crippen LogP contribution in [0.2, 0.25) is 0 Å². The number of ether oxygens (including phenoxy) is 1. The molecule has 2 fully saturated rings. The van der Waals surface area contributed by atoms with Crippen molar-refractivity contribution in [1.29, 1.82) is 0 Å². The van der Waals surface area contributed by atoms with Gasteiger partial charge in [0, 0.05) is 22.4 Å². The Morgan fingerprint density at radius 3 is 2.70 bits per heavy atom. The lowest BCUT2D eigenvalue weighted by Gasteiger charge is -2.41. The van der Waals surface area contributed by atoms with Crippen LogP contribution in [0.25, 0.3) is 0 Å². The average Bonchev–Trinajstić information content (AvgIpc) is 2.99. The maximum Gasteiger partial charge on any atom is 0.0686 e. The SMILES string of the molecule is CNC(c1cc(C)c(C)s1)C1CCOC2(CCCC2)C1. The summed E-state index contributed by atoms with van der Waals surface area (Å²) >= 11 is 1.97. The predicted molar refractivity (Wildman–Crippen MR) is 85.5 cm³/mol. The van der Waals surface area contributed by atoms with E-state index in [1.807, 2.05) is 11.3 Å². The molecule has 0 radical (unpaired) electrons. The second-order valence-electron chi connectivity index (χ2n) is 6.65. The van der Waals surface area contributed by atoms with Gasteiger partial charge >= 0.3 is 0 Å². The highest BCUT2D eigenvalue weighted by molar-refractivity contribution is 7.12. The van der Waals surface area contributed by atoms with Crippen molar-refractivity contribution in [2.75, 3.05) is 13.7 Å². The first kappa shape index (κ1) is 14.6. The van der Waals surface area contributed by atoms with E-state index in [2.05, 4.69) is 32.3 Å². The summed E-state index contributed by atoms with van der Waals surface area (Å²) in [4.78, 5) is 2.98. The molecule has 2 atom stereocenters. The maximum absolute atomic E-state index is 6.19. The minimum Gasteiger partial charge on any atom is -0.375 e. The van der Waals surface area contributed by atoms with Crippen LogP contribution in [0.1, 0.15) is 59.9 Å². The van der Waals surface area contributed by atoms with E-state index >= 15 is 0 Å². The first-order valence-corrected chi connectivity index (χ1v) is 8.83. The molecular formula is C17H27NOS. The Morgan fingerprint density at radius 2 is 2.10 bits per heavy atom. The lowest BCUT2D eigenvalue weighted by Crippen LogP contribution is -2.41. The minimum atomic E-state index is 0.222. The third kappa shape index (κ3) is 2.68. The zero-order valence-corrected chi connectivity index (χ0v) is 13.8. The summed E-state index contributed by atoms with van der Waals surface area (Å²) in [6.45, 7) is 5.41. The molecule has 0 aromatic carbocycles. The lowest BCUT2D eigenvalue weighted by atomic mass is 9.80. The largest absolute Gasteiger partial charge is 0.375 e. The first-order valence-electron chi connectivity index (χ1n) is 8.02. The van der Waals surface area contributed by atoms with Crippen LogP contribution < -0.4 is 5.32 Å². The van der Waals surface area contributed by atoms with Crippen molar-refractivity contribution in [3.8, 4) is 0 Å². The Balaban J connectivity index is 1.78. The molecular weight excluding hydrogens is 266 g/mol. The fourth-order valence-corrected chi connectivity index (χ4v) is 5.33. The van der Waals surface area contributed by atoms with E-state index in [1.54, 1.807) is 0 Å². The van der Waals surface area contributed by atoms with E-state index in [4.69, 9.17) is 4.74 Å².